The van der Waals surface area contributed by atoms with Gasteiger partial charge in [-0.2, -0.15) is 0 Å². The monoisotopic (exact) mass is 540 g/mol. The number of Topliss-reactive ketones (excluding diaryl/α,β-unsaturated/α-hetero) is 1. The molecule has 214 valence electrons. The van der Waals surface area contributed by atoms with Crippen molar-refractivity contribution in [1.82, 2.24) is 0 Å². The molecule has 2 aromatic carbocycles. The molecule has 39 heavy (non-hydrogen) atoms. The number of fused-ring (bicyclic) bond motifs is 1. The van der Waals surface area contributed by atoms with Crippen molar-refractivity contribution in [3.05, 3.63) is 41.5 Å². The van der Waals surface area contributed by atoms with Gasteiger partial charge in [0.15, 0.2) is 17.3 Å². The Bertz CT molecular complexity index is 1080. The third kappa shape index (κ3) is 9.48. The van der Waals surface area contributed by atoms with Crippen LogP contribution in [-0.4, -0.2) is 29.1 Å². The van der Waals surface area contributed by atoms with Gasteiger partial charge in [-0.05, 0) is 24.1 Å². The summed E-state index contributed by atoms with van der Waals surface area (Å²) in [5.74, 6) is -0.410. The van der Waals surface area contributed by atoms with E-state index in [4.69, 9.17) is 14.2 Å². The fourth-order valence-electron chi connectivity index (χ4n) is 5.04. The van der Waals surface area contributed by atoms with Gasteiger partial charge in [0.1, 0.15) is 28.9 Å². The number of carbonyl (C=O) groups excluding carboxylic acids is 2. The lowest BCUT2D eigenvalue weighted by Crippen LogP contribution is -2.20. The molecule has 0 fully saturated rings. The minimum absolute atomic E-state index is 0.00447. The number of hydrogen-bond acceptors (Lipinski definition) is 7. The van der Waals surface area contributed by atoms with Crippen LogP contribution in [0.15, 0.2) is 30.3 Å². The molecule has 7 heteroatoms. The number of ketones is 1. The van der Waals surface area contributed by atoms with Gasteiger partial charge >= 0.3 is 5.97 Å². The molecule has 2 N–H and O–H groups in total. The molecule has 1 aliphatic rings. The number of benzene rings is 2. The van der Waals surface area contributed by atoms with E-state index in [2.05, 4.69) is 6.92 Å². The summed E-state index contributed by atoms with van der Waals surface area (Å²) in [6.07, 6.45) is 15.7. The molecule has 1 aliphatic heterocycles. The summed E-state index contributed by atoms with van der Waals surface area (Å²) in [7, 11) is 1.45. The number of esters is 1. The van der Waals surface area contributed by atoms with Crippen LogP contribution in [0.3, 0.4) is 0 Å². The van der Waals surface area contributed by atoms with Crippen molar-refractivity contribution in [1.29, 1.82) is 0 Å². The molecule has 3 rings (SSSR count). The van der Waals surface area contributed by atoms with Gasteiger partial charge in [-0.3, -0.25) is 9.59 Å². The SMILES string of the molecule is CCCCCCCCCCCCCCCC(=O)Oc1cc(O)c2c(c1)OC(c1ccc(OC)c(O)c1)CC2=O. The minimum Gasteiger partial charge on any atom is -0.507 e. The van der Waals surface area contributed by atoms with Gasteiger partial charge < -0.3 is 24.4 Å². The lowest BCUT2D eigenvalue weighted by atomic mass is 9.95. The van der Waals surface area contributed by atoms with Crippen molar-refractivity contribution in [3.8, 4) is 28.7 Å². The second kappa shape index (κ2) is 16.0. The second-order valence-electron chi connectivity index (χ2n) is 10.4. The van der Waals surface area contributed by atoms with Gasteiger partial charge in [0.05, 0.1) is 13.5 Å². The summed E-state index contributed by atoms with van der Waals surface area (Å²) in [6, 6.07) is 7.54. The van der Waals surface area contributed by atoms with E-state index in [1.54, 1.807) is 12.1 Å². The minimum atomic E-state index is -0.655. The summed E-state index contributed by atoms with van der Waals surface area (Å²) in [5.41, 5.74) is 0.664. The Morgan fingerprint density at radius 2 is 1.49 bits per heavy atom. The number of phenols is 2. The number of methoxy groups -OCH3 is 1. The van der Waals surface area contributed by atoms with Crippen LogP contribution in [0, 0.1) is 0 Å². The molecule has 0 aromatic heterocycles. The molecule has 1 atom stereocenters. The van der Waals surface area contributed by atoms with E-state index in [9.17, 15) is 19.8 Å². The topological polar surface area (TPSA) is 102 Å². The van der Waals surface area contributed by atoms with Crippen LogP contribution >= 0.6 is 0 Å². The van der Waals surface area contributed by atoms with E-state index in [0.29, 0.717) is 17.7 Å². The Morgan fingerprint density at radius 1 is 0.872 bits per heavy atom. The maximum absolute atomic E-state index is 12.7. The highest BCUT2D eigenvalue weighted by Crippen LogP contribution is 2.43. The van der Waals surface area contributed by atoms with Crippen LogP contribution < -0.4 is 14.2 Å². The average Bonchev–Trinajstić information content (AvgIpc) is 2.90. The molecular formula is C32H44O7. The number of hydrogen-bond donors (Lipinski definition) is 2. The van der Waals surface area contributed by atoms with Crippen LogP contribution in [0.1, 0.15) is 125 Å². The molecule has 0 radical (unpaired) electrons. The van der Waals surface area contributed by atoms with Crippen molar-refractivity contribution >= 4 is 11.8 Å². The van der Waals surface area contributed by atoms with E-state index in [1.807, 2.05) is 0 Å². The second-order valence-corrected chi connectivity index (χ2v) is 10.4. The van der Waals surface area contributed by atoms with Crippen LogP contribution in [0.5, 0.6) is 28.7 Å². The van der Waals surface area contributed by atoms with Gasteiger partial charge in [0.25, 0.3) is 0 Å². The maximum Gasteiger partial charge on any atom is 0.311 e. The summed E-state index contributed by atoms with van der Waals surface area (Å²) in [5, 5.41) is 20.5. The number of carbonyl (C=O) groups is 2. The third-order valence-electron chi connectivity index (χ3n) is 7.26. The first-order valence-corrected chi connectivity index (χ1v) is 14.6. The van der Waals surface area contributed by atoms with Gasteiger partial charge in [-0.25, -0.2) is 0 Å². The zero-order chi connectivity index (χ0) is 28.0. The van der Waals surface area contributed by atoms with Gasteiger partial charge in [-0.1, -0.05) is 90.0 Å². The number of aromatic hydroxyl groups is 2. The lowest BCUT2D eigenvalue weighted by molar-refractivity contribution is -0.134. The van der Waals surface area contributed by atoms with Crippen molar-refractivity contribution in [3.63, 3.8) is 0 Å². The fourth-order valence-corrected chi connectivity index (χ4v) is 5.04. The van der Waals surface area contributed by atoms with Crippen LogP contribution in [0.25, 0.3) is 0 Å². The Balaban J connectivity index is 1.40. The summed E-state index contributed by atoms with van der Waals surface area (Å²) >= 11 is 0. The summed E-state index contributed by atoms with van der Waals surface area (Å²) in [6.45, 7) is 2.25. The van der Waals surface area contributed by atoms with Gasteiger partial charge in [0.2, 0.25) is 0 Å². The van der Waals surface area contributed by atoms with Crippen LogP contribution in [0.2, 0.25) is 0 Å². The smallest absolute Gasteiger partial charge is 0.311 e. The highest BCUT2D eigenvalue weighted by atomic mass is 16.5. The molecule has 1 heterocycles. The predicted octanol–water partition coefficient (Wildman–Crippen LogP) is 8.20. The largest absolute Gasteiger partial charge is 0.507 e. The molecule has 0 aliphatic carbocycles. The van der Waals surface area contributed by atoms with E-state index in [1.165, 1.54) is 89.5 Å². The number of phenolic OH excluding ortho intramolecular Hbond substituents is 2. The first kappa shape index (κ1) is 30.3. The van der Waals surface area contributed by atoms with Gasteiger partial charge in [-0.15, -0.1) is 0 Å². The number of rotatable bonds is 17. The van der Waals surface area contributed by atoms with Crippen molar-refractivity contribution in [2.24, 2.45) is 0 Å². The molecule has 2 aromatic rings. The zero-order valence-corrected chi connectivity index (χ0v) is 23.5. The van der Waals surface area contributed by atoms with Crippen molar-refractivity contribution in [2.75, 3.05) is 7.11 Å². The summed E-state index contributed by atoms with van der Waals surface area (Å²) in [4.78, 5) is 25.1. The predicted molar refractivity (Wildman–Crippen MR) is 151 cm³/mol. The zero-order valence-electron chi connectivity index (χ0n) is 23.5. The quantitative estimate of drug-likeness (QED) is 0.118. The molecule has 0 saturated carbocycles. The Hall–Kier alpha value is -3.22. The van der Waals surface area contributed by atoms with Crippen molar-refractivity contribution < 1.29 is 34.0 Å². The van der Waals surface area contributed by atoms with E-state index in [0.717, 1.165) is 19.3 Å². The highest BCUT2D eigenvalue weighted by molar-refractivity contribution is 6.02. The number of ether oxygens (including phenoxy) is 3. The first-order chi connectivity index (χ1) is 18.9. The average molecular weight is 541 g/mol. The van der Waals surface area contributed by atoms with Gasteiger partial charge in [0, 0.05) is 18.6 Å². The van der Waals surface area contributed by atoms with Crippen LogP contribution in [0.4, 0.5) is 0 Å². The standard InChI is InChI=1S/C32H44O7/c1-3-4-5-6-7-8-9-10-11-12-13-14-15-16-31(36)38-24-20-26(34)32-27(35)22-29(39-30(32)21-24)23-17-18-28(37-2)25(33)19-23/h17-21,29,33-34H,3-16,22H2,1-2H3. The molecule has 7 nitrogen and oxygen atoms in total. The maximum atomic E-state index is 12.7. The Morgan fingerprint density at radius 3 is 2.08 bits per heavy atom. The van der Waals surface area contributed by atoms with Crippen molar-refractivity contribution in [2.45, 2.75) is 109 Å². The highest BCUT2D eigenvalue weighted by Gasteiger charge is 2.31. The first-order valence-electron chi connectivity index (χ1n) is 14.6. The molecule has 0 bridgehead atoms. The van der Waals surface area contributed by atoms with E-state index in [-0.39, 0.29) is 46.7 Å². The lowest BCUT2D eigenvalue weighted by Gasteiger charge is -2.26. The normalized spacial score (nSPS) is 14.5. The molecular weight excluding hydrogens is 496 g/mol. The van der Waals surface area contributed by atoms with E-state index < -0.39 is 6.10 Å². The molecule has 0 spiro atoms. The molecule has 1 unspecified atom stereocenters. The fraction of sp³-hybridized carbons (Fsp3) is 0.562. The number of unbranched alkanes of at least 4 members (excludes halogenated alkanes) is 12. The van der Waals surface area contributed by atoms with E-state index >= 15 is 0 Å². The third-order valence-corrected chi connectivity index (χ3v) is 7.26. The molecule has 0 saturated heterocycles. The summed E-state index contributed by atoms with van der Waals surface area (Å²) < 4.78 is 16.5. The molecule has 0 amide bonds. The Kier molecular flexibility index (Phi) is 12.5. The van der Waals surface area contributed by atoms with Crippen LogP contribution in [-0.2, 0) is 4.79 Å². The Labute approximate surface area is 232 Å².